The molecule has 3 aromatic rings. The third kappa shape index (κ3) is 4.16. The van der Waals surface area contributed by atoms with Gasteiger partial charge in [0, 0.05) is 63.7 Å². The van der Waals surface area contributed by atoms with Crippen LogP contribution in [0.1, 0.15) is 29.3 Å². The van der Waals surface area contributed by atoms with Gasteiger partial charge in [-0.1, -0.05) is 12.1 Å². The minimum Gasteiger partial charge on any atom is -0.497 e. The third-order valence-corrected chi connectivity index (χ3v) is 5.77. The van der Waals surface area contributed by atoms with Crippen LogP contribution in [-0.2, 0) is 13.6 Å². The van der Waals surface area contributed by atoms with Gasteiger partial charge >= 0.3 is 0 Å². The lowest BCUT2D eigenvalue weighted by Gasteiger charge is -2.19. The Labute approximate surface area is 178 Å². The van der Waals surface area contributed by atoms with Crippen molar-refractivity contribution in [1.82, 2.24) is 24.6 Å². The molecule has 0 unspecified atom stereocenters. The number of likely N-dealkylation sites (tertiary alicyclic amines) is 1. The van der Waals surface area contributed by atoms with Crippen LogP contribution >= 0.6 is 0 Å². The highest BCUT2D eigenvalue weighted by Gasteiger charge is 2.28. The number of anilines is 1. The maximum absolute atomic E-state index is 5.32. The van der Waals surface area contributed by atoms with Crippen LogP contribution in [0.25, 0.3) is 11.1 Å². The molecule has 0 N–H and O–H groups in total. The van der Waals surface area contributed by atoms with Crippen LogP contribution in [0.2, 0.25) is 0 Å². The second-order valence-corrected chi connectivity index (χ2v) is 8.23. The molecule has 1 saturated heterocycles. The van der Waals surface area contributed by atoms with Crippen molar-refractivity contribution in [2.24, 2.45) is 7.05 Å². The molecule has 0 radical (unpaired) electrons. The molecule has 0 bridgehead atoms. The quantitative estimate of drug-likeness (QED) is 0.626. The second kappa shape index (κ2) is 8.44. The zero-order chi connectivity index (χ0) is 21.3. The summed E-state index contributed by atoms with van der Waals surface area (Å²) in [4.78, 5) is 14.0. The SMILES string of the molecule is COc1ccc(-c2cnc(N(C)C)nc2[C@@H]2CCN(Cc3cn(C)nc3C)C2)cc1. The topological polar surface area (TPSA) is 59.3 Å². The van der Waals surface area contributed by atoms with E-state index in [1.54, 1.807) is 7.11 Å². The number of hydrogen-bond acceptors (Lipinski definition) is 6. The molecule has 1 aliphatic rings. The molecular weight excluding hydrogens is 376 g/mol. The van der Waals surface area contributed by atoms with Crippen LogP contribution < -0.4 is 9.64 Å². The molecule has 158 valence electrons. The Bertz CT molecular complexity index is 1010. The highest BCUT2D eigenvalue weighted by atomic mass is 16.5. The Balaban J connectivity index is 1.61. The van der Waals surface area contributed by atoms with E-state index in [0.29, 0.717) is 5.92 Å². The van der Waals surface area contributed by atoms with E-state index in [4.69, 9.17) is 9.72 Å². The van der Waals surface area contributed by atoms with Crippen LogP contribution in [0.3, 0.4) is 0 Å². The van der Waals surface area contributed by atoms with E-state index in [-0.39, 0.29) is 0 Å². The van der Waals surface area contributed by atoms with Gasteiger partial charge in [0.05, 0.1) is 18.5 Å². The van der Waals surface area contributed by atoms with E-state index in [2.05, 4.69) is 40.2 Å². The summed E-state index contributed by atoms with van der Waals surface area (Å²) in [7, 11) is 7.64. The Hall–Kier alpha value is -2.93. The lowest BCUT2D eigenvalue weighted by molar-refractivity contribution is 0.325. The number of aryl methyl sites for hydroxylation is 2. The molecule has 30 heavy (non-hydrogen) atoms. The Kier molecular flexibility index (Phi) is 5.72. The molecule has 7 nitrogen and oxygen atoms in total. The largest absolute Gasteiger partial charge is 0.497 e. The summed E-state index contributed by atoms with van der Waals surface area (Å²) in [5.74, 6) is 1.98. The van der Waals surface area contributed by atoms with Gasteiger partial charge in [-0.25, -0.2) is 9.97 Å². The Morgan fingerprint density at radius 2 is 1.97 bits per heavy atom. The fourth-order valence-electron chi connectivity index (χ4n) is 4.15. The zero-order valence-corrected chi connectivity index (χ0v) is 18.5. The minimum absolute atomic E-state index is 0.376. The van der Waals surface area contributed by atoms with Gasteiger partial charge in [-0.3, -0.25) is 9.58 Å². The monoisotopic (exact) mass is 406 g/mol. The summed E-state index contributed by atoms with van der Waals surface area (Å²) in [6.07, 6.45) is 5.18. The summed E-state index contributed by atoms with van der Waals surface area (Å²) in [6, 6.07) is 8.15. The maximum Gasteiger partial charge on any atom is 0.225 e. The number of rotatable bonds is 6. The van der Waals surface area contributed by atoms with Gasteiger partial charge in [0.15, 0.2) is 0 Å². The summed E-state index contributed by atoms with van der Waals surface area (Å²) in [5, 5.41) is 4.48. The Morgan fingerprint density at radius 3 is 2.60 bits per heavy atom. The van der Waals surface area contributed by atoms with Gasteiger partial charge < -0.3 is 9.64 Å². The summed E-state index contributed by atoms with van der Waals surface area (Å²) in [6.45, 7) is 5.06. The van der Waals surface area contributed by atoms with Gasteiger partial charge in [-0.15, -0.1) is 0 Å². The molecule has 1 aromatic carbocycles. The summed E-state index contributed by atoms with van der Waals surface area (Å²) < 4.78 is 7.21. The van der Waals surface area contributed by atoms with Crippen LogP contribution in [0.4, 0.5) is 5.95 Å². The zero-order valence-electron chi connectivity index (χ0n) is 18.5. The molecule has 3 heterocycles. The van der Waals surface area contributed by atoms with E-state index < -0.39 is 0 Å². The molecular formula is C23H30N6O. The summed E-state index contributed by atoms with van der Waals surface area (Å²) in [5.41, 5.74) is 5.76. The van der Waals surface area contributed by atoms with Crippen LogP contribution in [0.5, 0.6) is 5.75 Å². The molecule has 0 saturated carbocycles. The minimum atomic E-state index is 0.376. The number of benzene rings is 1. The van der Waals surface area contributed by atoms with E-state index in [9.17, 15) is 0 Å². The van der Waals surface area contributed by atoms with E-state index in [1.165, 1.54) is 5.56 Å². The van der Waals surface area contributed by atoms with Gasteiger partial charge in [-0.2, -0.15) is 5.10 Å². The van der Waals surface area contributed by atoms with Crippen molar-refractivity contribution in [3.63, 3.8) is 0 Å². The first-order valence-electron chi connectivity index (χ1n) is 10.3. The van der Waals surface area contributed by atoms with E-state index >= 15 is 0 Å². The molecule has 0 spiro atoms. The molecule has 0 aliphatic carbocycles. The number of hydrogen-bond donors (Lipinski definition) is 0. The van der Waals surface area contributed by atoms with Crippen molar-refractivity contribution in [2.75, 3.05) is 39.2 Å². The van der Waals surface area contributed by atoms with Crippen molar-refractivity contribution in [3.05, 3.63) is 53.6 Å². The lowest BCUT2D eigenvalue weighted by atomic mass is 9.96. The van der Waals surface area contributed by atoms with Crippen molar-refractivity contribution in [1.29, 1.82) is 0 Å². The lowest BCUT2D eigenvalue weighted by Crippen LogP contribution is -2.21. The number of ether oxygens (including phenoxy) is 1. The molecule has 7 heteroatoms. The van der Waals surface area contributed by atoms with Crippen LogP contribution in [0, 0.1) is 6.92 Å². The highest BCUT2D eigenvalue weighted by Crippen LogP contribution is 2.35. The molecule has 2 aromatic heterocycles. The Morgan fingerprint density at radius 1 is 1.20 bits per heavy atom. The fraction of sp³-hybridized carbons (Fsp3) is 0.435. The average molecular weight is 407 g/mol. The van der Waals surface area contributed by atoms with E-state index in [0.717, 1.165) is 60.3 Å². The van der Waals surface area contributed by atoms with Crippen molar-refractivity contribution < 1.29 is 4.74 Å². The molecule has 0 amide bonds. The predicted octanol–water partition coefficient (Wildman–Crippen LogP) is 3.25. The first-order chi connectivity index (χ1) is 14.4. The third-order valence-electron chi connectivity index (χ3n) is 5.77. The molecule has 1 fully saturated rings. The number of aromatic nitrogens is 4. The standard InChI is InChI=1S/C23H30N6O/c1-16-19(13-28(4)26-16)15-29-11-10-18(14-29)22-21(12-24-23(25-22)27(2)3)17-6-8-20(30-5)9-7-17/h6-9,12-13,18H,10-11,14-15H2,1-5H3/t18-/m1/s1. The normalized spacial score (nSPS) is 16.8. The van der Waals surface area contributed by atoms with Crippen molar-refractivity contribution >= 4 is 5.95 Å². The smallest absolute Gasteiger partial charge is 0.225 e. The first kappa shape index (κ1) is 20.3. The fourth-order valence-corrected chi connectivity index (χ4v) is 4.15. The van der Waals surface area contributed by atoms with Crippen molar-refractivity contribution in [3.8, 4) is 16.9 Å². The van der Waals surface area contributed by atoms with Gasteiger partial charge in [0.1, 0.15) is 5.75 Å². The second-order valence-electron chi connectivity index (χ2n) is 8.23. The van der Waals surface area contributed by atoms with Crippen molar-refractivity contribution in [2.45, 2.75) is 25.8 Å². The number of methoxy groups -OCH3 is 1. The number of nitrogens with zero attached hydrogens (tertiary/aromatic N) is 6. The van der Waals surface area contributed by atoms with Gasteiger partial charge in [0.25, 0.3) is 0 Å². The highest BCUT2D eigenvalue weighted by molar-refractivity contribution is 5.67. The average Bonchev–Trinajstić information content (AvgIpc) is 3.33. The molecule has 1 aliphatic heterocycles. The molecule has 4 rings (SSSR count). The van der Waals surface area contributed by atoms with E-state index in [1.807, 2.05) is 49.1 Å². The summed E-state index contributed by atoms with van der Waals surface area (Å²) >= 11 is 0. The van der Waals surface area contributed by atoms with Gasteiger partial charge in [0.2, 0.25) is 5.95 Å². The maximum atomic E-state index is 5.32. The predicted molar refractivity (Wildman–Crippen MR) is 119 cm³/mol. The first-order valence-corrected chi connectivity index (χ1v) is 10.3. The van der Waals surface area contributed by atoms with Crippen LogP contribution in [0.15, 0.2) is 36.7 Å². The van der Waals surface area contributed by atoms with Crippen LogP contribution in [-0.4, -0.2) is 58.9 Å². The molecule has 1 atom stereocenters. The van der Waals surface area contributed by atoms with Gasteiger partial charge in [-0.05, 0) is 37.6 Å².